The maximum absolute atomic E-state index is 11.5. The van der Waals surface area contributed by atoms with Gasteiger partial charge in [0.25, 0.3) is 0 Å². The number of carboxylic acids is 1. The second-order valence-electron chi connectivity index (χ2n) is 7.12. The van der Waals surface area contributed by atoms with Gasteiger partial charge in [-0.25, -0.2) is 24.7 Å². The molecule has 0 amide bonds. The number of carbonyl (C=O) groups is 1. The van der Waals surface area contributed by atoms with Gasteiger partial charge < -0.3 is 14.9 Å². The summed E-state index contributed by atoms with van der Waals surface area (Å²) < 4.78 is 0. The van der Waals surface area contributed by atoms with Crippen LogP contribution >= 0.6 is 0 Å². The Morgan fingerprint density at radius 2 is 1.72 bits per heavy atom. The summed E-state index contributed by atoms with van der Waals surface area (Å²) in [4.78, 5) is 33.4. The molecule has 29 heavy (non-hydrogen) atoms. The third kappa shape index (κ3) is 4.01. The van der Waals surface area contributed by atoms with Crippen LogP contribution in [0.2, 0.25) is 0 Å². The van der Waals surface area contributed by atoms with Crippen molar-refractivity contribution in [2.45, 2.75) is 12.8 Å². The molecule has 4 rings (SSSR count). The molecule has 0 atom stereocenters. The monoisotopic (exact) mass is 390 g/mol. The van der Waals surface area contributed by atoms with Crippen LogP contribution in [0.4, 0.5) is 11.6 Å². The van der Waals surface area contributed by atoms with Gasteiger partial charge in [-0.3, -0.25) is 0 Å². The molecule has 0 bridgehead atoms. The lowest BCUT2D eigenvalue weighted by Crippen LogP contribution is -2.20. The maximum Gasteiger partial charge on any atom is 0.354 e. The molecule has 8 heteroatoms. The summed E-state index contributed by atoms with van der Waals surface area (Å²) in [5, 5.41) is 10.4. The molecule has 1 aliphatic heterocycles. The standard InChI is InChI=1S/C21H22N6O2/c1-26(2)20-14-7-3-4-8-15(14)22-18(25-20)10-9-17-23-16(21(28)29)13-19(24-17)27-11-5-6-12-27/h3-4,7-10,13H,5-6,11-12H2,1-2H3,(H,28,29)/b10-9+. The van der Waals surface area contributed by atoms with E-state index in [0.29, 0.717) is 17.5 Å². The first-order valence-electron chi connectivity index (χ1n) is 9.51. The smallest absolute Gasteiger partial charge is 0.354 e. The Hall–Kier alpha value is -3.55. The number of carboxylic acid groups (broad SMARTS) is 1. The molecule has 1 N–H and O–H groups in total. The molecule has 0 saturated carbocycles. The van der Waals surface area contributed by atoms with Gasteiger partial charge in [-0.2, -0.15) is 0 Å². The average molecular weight is 390 g/mol. The van der Waals surface area contributed by atoms with Gasteiger partial charge in [0.1, 0.15) is 11.6 Å². The number of benzene rings is 1. The number of hydrogen-bond donors (Lipinski definition) is 1. The molecular formula is C21H22N6O2. The zero-order valence-electron chi connectivity index (χ0n) is 16.4. The van der Waals surface area contributed by atoms with Gasteiger partial charge in [0.15, 0.2) is 17.3 Å². The Morgan fingerprint density at radius 1 is 1.03 bits per heavy atom. The Labute approximate surface area is 168 Å². The van der Waals surface area contributed by atoms with Crippen LogP contribution in [0.1, 0.15) is 35.0 Å². The summed E-state index contributed by atoms with van der Waals surface area (Å²) in [6.45, 7) is 1.75. The topological polar surface area (TPSA) is 95.3 Å². The van der Waals surface area contributed by atoms with Gasteiger partial charge in [0.05, 0.1) is 5.52 Å². The Morgan fingerprint density at radius 3 is 2.41 bits per heavy atom. The highest BCUT2D eigenvalue weighted by Gasteiger charge is 2.17. The van der Waals surface area contributed by atoms with E-state index in [1.165, 1.54) is 6.07 Å². The third-order valence-corrected chi connectivity index (χ3v) is 4.78. The molecule has 3 aromatic rings. The SMILES string of the molecule is CN(C)c1nc(/C=C/c2nc(C(=O)O)cc(N3CCCC3)n2)nc2ccccc12. The zero-order valence-corrected chi connectivity index (χ0v) is 16.4. The fraction of sp³-hybridized carbons (Fsp3) is 0.286. The number of hydrogen-bond acceptors (Lipinski definition) is 7. The number of fused-ring (bicyclic) bond motifs is 1. The quantitative estimate of drug-likeness (QED) is 0.710. The minimum Gasteiger partial charge on any atom is -0.477 e. The molecule has 2 aromatic heterocycles. The molecule has 0 spiro atoms. The van der Waals surface area contributed by atoms with Crippen LogP contribution in [0, 0.1) is 0 Å². The van der Waals surface area contributed by atoms with Crippen LogP contribution in [0.25, 0.3) is 23.1 Å². The van der Waals surface area contributed by atoms with Gasteiger partial charge in [-0.1, -0.05) is 12.1 Å². The van der Waals surface area contributed by atoms with Crippen LogP contribution in [0.3, 0.4) is 0 Å². The third-order valence-electron chi connectivity index (χ3n) is 4.78. The van der Waals surface area contributed by atoms with Crippen LogP contribution in [-0.4, -0.2) is 58.2 Å². The normalized spacial score (nSPS) is 14.1. The maximum atomic E-state index is 11.5. The van der Waals surface area contributed by atoms with Crippen molar-refractivity contribution < 1.29 is 9.90 Å². The highest BCUT2D eigenvalue weighted by molar-refractivity contribution is 5.90. The van der Waals surface area contributed by atoms with Crippen molar-refractivity contribution in [1.82, 2.24) is 19.9 Å². The number of rotatable bonds is 5. The van der Waals surface area contributed by atoms with E-state index in [2.05, 4.69) is 24.8 Å². The van der Waals surface area contributed by atoms with Gasteiger partial charge >= 0.3 is 5.97 Å². The highest BCUT2D eigenvalue weighted by atomic mass is 16.4. The molecular weight excluding hydrogens is 368 g/mol. The van der Waals surface area contributed by atoms with Crippen molar-refractivity contribution in [3.05, 3.63) is 47.7 Å². The number of aromatic nitrogens is 4. The largest absolute Gasteiger partial charge is 0.477 e. The Kier molecular flexibility index (Phi) is 5.07. The number of aromatic carboxylic acids is 1. The van der Waals surface area contributed by atoms with E-state index in [1.807, 2.05) is 43.3 Å². The van der Waals surface area contributed by atoms with E-state index in [1.54, 1.807) is 12.2 Å². The first kappa shape index (κ1) is 18.8. The lowest BCUT2D eigenvalue weighted by molar-refractivity contribution is 0.0690. The van der Waals surface area contributed by atoms with Crippen LogP contribution < -0.4 is 9.80 Å². The van der Waals surface area contributed by atoms with Crippen molar-refractivity contribution in [3.8, 4) is 0 Å². The fourth-order valence-corrected chi connectivity index (χ4v) is 3.39. The first-order chi connectivity index (χ1) is 14.0. The molecule has 0 aliphatic carbocycles. The molecule has 0 radical (unpaired) electrons. The predicted octanol–water partition coefficient (Wildman–Crippen LogP) is 2.95. The molecule has 1 fully saturated rings. The van der Waals surface area contributed by atoms with Crippen molar-refractivity contribution in [3.63, 3.8) is 0 Å². The molecule has 8 nitrogen and oxygen atoms in total. The summed E-state index contributed by atoms with van der Waals surface area (Å²) in [5.41, 5.74) is 0.818. The second-order valence-corrected chi connectivity index (χ2v) is 7.12. The van der Waals surface area contributed by atoms with Crippen molar-refractivity contribution in [2.24, 2.45) is 0 Å². The van der Waals surface area contributed by atoms with Crippen LogP contribution in [0.15, 0.2) is 30.3 Å². The Bertz CT molecular complexity index is 1090. The van der Waals surface area contributed by atoms with Gasteiger partial charge in [-0.15, -0.1) is 0 Å². The summed E-state index contributed by atoms with van der Waals surface area (Å²) in [6.07, 6.45) is 5.54. The lowest BCUT2D eigenvalue weighted by Gasteiger charge is -2.16. The van der Waals surface area contributed by atoms with Gasteiger partial charge in [-0.05, 0) is 37.1 Å². The fourth-order valence-electron chi connectivity index (χ4n) is 3.39. The summed E-state index contributed by atoms with van der Waals surface area (Å²) in [7, 11) is 3.87. The number of para-hydroxylation sites is 1. The summed E-state index contributed by atoms with van der Waals surface area (Å²) in [6, 6.07) is 9.35. The van der Waals surface area contributed by atoms with E-state index in [0.717, 1.165) is 42.7 Å². The average Bonchev–Trinajstić information content (AvgIpc) is 3.26. The highest BCUT2D eigenvalue weighted by Crippen LogP contribution is 2.23. The zero-order chi connectivity index (χ0) is 20.4. The van der Waals surface area contributed by atoms with Crippen molar-refractivity contribution in [1.29, 1.82) is 0 Å². The van der Waals surface area contributed by atoms with E-state index >= 15 is 0 Å². The Balaban J connectivity index is 1.72. The number of anilines is 2. The lowest BCUT2D eigenvalue weighted by atomic mass is 10.2. The van der Waals surface area contributed by atoms with E-state index in [9.17, 15) is 9.90 Å². The predicted molar refractivity (Wildman–Crippen MR) is 113 cm³/mol. The minimum atomic E-state index is -1.07. The summed E-state index contributed by atoms with van der Waals surface area (Å²) in [5.74, 6) is 1.23. The molecule has 148 valence electrons. The van der Waals surface area contributed by atoms with E-state index in [4.69, 9.17) is 0 Å². The summed E-state index contributed by atoms with van der Waals surface area (Å²) >= 11 is 0. The minimum absolute atomic E-state index is 0.0186. The molecule has 3 heterocycles. The molecule has 0 unspecified atom stereocenters. The first-order valence-corrected chi connectivity index (χ1v) is 9.51. The molecule has 1 aromatic carbocycles. The van der Waals surface area contributed by atoms with Crippen LogP contribution in [-0.2, 0) is 0 Å². The van der Waals surface area contributed by atoms with E-state index in [-0.39, 0.29) is 5.69 Å². The number of nitrogens with zero attached hydrogens (tertiary/aromatic N) is 6. The second kappa shape index (κ2) is 7.83. The molecule has 1 aliphatic rings. The van der Waals surface area contributed by atoms with Crippen molar-refractivity contribution in [2.75, 3.05) is 37.0 Å². The molecule has 1 saturated heterocycles. The van der Waals surface area contributed by atoms with Crippen molar-refractivity contribution >= 4 is 40.7 Å². The van der Waals surface area contributed by atoms with Crippen LogP contribution in [0.5, 0.6) is 0 Å². The van der Waals surface area contributed by atoms with E-state index < -0.39 is 5.97 Å². The van der Waals surface area contributed by atoms with Gasteiger partial charge in [0.2, 0.25) is 0 Å². The van der Waals surface area contributed by atoms with Gasteiger partial charge in [0, 0.05) is 38.6 Å².